The highest BCUT2D eigenvalue weighted by atomic mass is 35.5. The van der Waals surface area contributed by atoms with Crippen LogP contribution in [0, 0.1) is 10.1 Å². The number of amides is 1. The van der Waals surface area contributed by atoms with Gasteiger partial charge in [-0.25, -0.2) is 0 Å². The van der Waals surface area contributed by atoms with E-state index in [-0.39, 0.29) is 22.6 Å². The molecule has 126 valence electrons. The molecule has 0 fully saturated rings. The van der Waals surface area contributed by atoms with E-state index in [0.29, 0.717) is 11.6 Å². The zero-order valence-corrected chi connectivity index (χ0v) is 14.6. The van der Waals surface area contributed by atoms with Crippen molar-refractivity contribution in [1.29, 1.82) is 0 Å². The van der Waals surface area contributed by atoms with Crippen LogP contribution >= 0.6 is 23.4 Å². The number of nitro benzene ring substituents is 1. The van der Waals surface area contributed by atoms with Crippen molar-refractivity contribution in [3.8, 4) is 0 Å². The second kappa shape index (κ2) is 8.70. The highest BCUT2D eigenvalue weighted by molar-refractivity contribution is 8.00. The van der Waals surface area contributed by atoms with Crippen LogP contribution in [-0.2, 0) is 11.3 Å². The van der Waals surface area contributed by atoms with E-state index in [1.165, 1.54) is 17.8 Å². The molecule has 1 amide bonds. The molecular weight excluding hydrogens is 348 g/mol. The van der Waals surface area contributed by atoms with Gasteiger partial charge in [-0.1, -0.05) is 35.9 Å². The third kappa shape index (κ3) is 5.54. The zero-order valence-electron chi connectivity index (χ0n) is 13.1. The van der Waals surface area contributed by atoms with E-state index in [2.05, 4.69) is 5.32 Å². The fourth-order valence-corrected chi connectivity index (χ4v) is 3.14. The van der Waals surface area contributed by atoms with E-state index >= 15 is 0 Å². The molecule has 24 heavy (non-hydrogen) atoms. The van der Waals surface area contributed by atoms with Gasteiger partial charge in [-0.15, -0.1) is 11.8 Å². The Morgan fingerprint density at radius 2 is 2.04 bits per heavy atom. The first-order chi connectivity index (χ1) is 11.5. The standard InChI is InChI=1S/C17H17ClN2O3S/c1-12(14-5-3-7-16(9-14)20(22)23)24-11-17(21)19-10-13-4-2-6-15(18)8-13/h2-9,12H,10-11H2,1H3,(H,19,21)/t12-/m1/s1. The number of rotatable bonds is 7. The number of non-ortho nitro benzene ring substituents is 1. The Bertz CT molecular complexity index is 739. The number of nitrogens with one attached hydrogen (secondary N) is 1. The number of carbonyl (C=O) groups excluding carboxylic acids is 1. The van der Waals surface area contributed by atoms with Crippen LogP contribution in [-0.4, -0.2) is 16.6 Å². The van der Waals surface area contributed by atoms with E-state index in [1.54, 1.807) is 24.3 Å². The van der Waals surface area contributed by atoms with Gasteiger partial charge in [0, 0.05) is 29.0 Å². The summed E-state index contributed by atoms with van der Waals surface area (Å²) in [5.41, 5.74) is 1.83. The van der Waals surface area contributed by atoms with Crippen LogP contribution in [0.5, 0.6) is 0 Å². The van der Waals surface area contributed by atoms with E-state index in [9.17, 15) is 14.9 Å². The smallest absolute Gasteiger partial charge is 0.269 e. The topological polar surface area (TPSA) is 72.2 Å². The van der Waals surface area contributed by atoms with Crippen molar-refractivity contribution in [2.24, 2.45) is 0 Å². The fraction of sp³-hybridized carbons (Fsp3) is 0.235. The second-order valence-corrected chi connectivity index (χ2v) is 6.98. The largest absolute Gasteiger partial charge is 0.351 e. The van der Waals surface area contributed by atoms with Crippen molar-refractivity contribution in [3.05, 3.63) is 74.8 Å². The van der Waals surface area contributed by atoms with Crippen molar-refractivity contribution in [1.82, 2.24) is 5.32 Å². The molecule has 2 aromatic rings. The number of nitro groups is 1. The Kier molecular flexibility index (Phi) is 6.63. The first-order valence-electron chi connectivity index (χ1n) is 7.33. The zero-order chi connectivity index (χ0) is 17.5. The van der Waals surface area contributed by atoms with Crippen LogP contribution < -0.4 is 5.32 Å². The SMILES string of the molecule is C[C@@H](SCC(=O)NCc1cccc(Cl)c1)c1cccc([N+](=O)[O-])c1. The molecule has 0 heterocycles. The molecule has 7 heteroatoms. The maximum absolute atomic E-state index is 11.9. The average molecular weight is 365 g/mol. The summed E-state index contributed by atoms with van der Waals surface area (Å²) in [4.78, 5) is 22.3. The first kappa shape index (κ1) is 18.3. The number of benzene rings is 2. The molecule has 0 aromatic heterocycles. The minimum atomic E-state index is -0.418. The molecule has 0 unspecified atom stereocenters. The van der Waals surface area contributed by atoms with E-state index in [0.717, 1.165) is 11.1 Å². The monoisotopic (exact) mass is 364 g/mol. The fourth-order valence-electron chi connectivity index (χ4n) is 2.09. The van der Waals surface area contributed by atoms with Gasteiger partial charge in [-0.2, -0.15) is 0 Å². The van der Waals surface area contributed by atoms with Crippen LogP contribution in [0.15, 0.2) is 48.5 Å². The molecule has 0 aliphatic rings. The number of hydrogen-bond acceptors (Lipinski definition) is 4. The predicted octanol–water partition coefficient (Wildman–Crippen LogP) is 4.36. The highest BCUT2D eigenvalue weighted by Gasteiger charge is 2.13. The lowest BCUT2D eigenvalue weighted by Gasteiger charge is -2.11. The normalized spacial score (nSPS) is 11.8. The number of thioether (sulfide) groups is 1. The summed E-state index contributed by atoms with van der Waals surface area (Å²) in [6.45, 7) is 2.35. The van der Waals surface area contributed by atoms with Crippen molar-refractivity contribution in [3.63, 3.8) is 0 Å². The summed E-state index contributed by atoms with van der Waals surface area (Å²) in [6, 6.07) is 13.8. The van der Waals surface area contributed by atoms with E-state index in [1.807, 2.05) is 25.1 Å². The van der Waals surface area contributed by atoms with Gasteiger partial charge >= 0.3 is 0 Å². The molecule has 5 nitrogen and oxygen atoms in total. The van der Waals surface area contributed by atoms with Crippen molar-refractivity contribution < 1.29 is 9.72 Å². The van der Waals surface area contributed by atoms with Crippen molar-refractivity contribution in [2.45, 2.75) is 18.7 Å². The summed E-state index contributed by atoms with van der Waals surface area (Å²) < 4.78 is 0. The van der Waals surface area contributed by atoms with Gasteiger partial charge in [0.2, 0.25) is 5.91 Å². The molecule has 0 saturated carbocycles. The van der Waals surface area contributed by atoms with Gasteiger partial charge in [-0.3, -0.25) is 14.9 Å². The molecular formula is C17H17ClN2O3S. The Labute approximate surface area is 149 Å². The van der Waals surface area contributed by atoms with Gasteiger partial charge in [0.15, 0.2) is 0 Å². The lowest BCUT2D eigenvalue weighted by atomic mass is 10.1. The van der Waals surface area contributed by atoms with Crippen LogP contribution in [0.3, 0.4) is 0 Å². The Hall–Kier alpha value is -2.05. The van der Waals surface area contributed by atoms with Crippen LogP contribution in [0.25, 0.3) is 0 Å². The Balaban J connectivity index is 1.82. The van der Waals surface area contributed by atoms with Crippen LogP contribution in [0.1, 0.15) is 23.3 Å². The quantitative estimate of drug-likeness (QED) is 0.585. The second-order valence-electron chi connectivity index (χ2n) is 5.21. The Morgan fingerprint density at radius 3 is 2.75 bits per heavy atom. The van der Waals surface area contributed by atoms with Gasteiger partial charge < -0.3 is 5.32 Å². The molecule has 1 N–H and O–H groups in total. The number of halogens is 1. The maximum Gasteiger partial charge on any atom is 0.269 e. The van der Waals surface area contributed by atoms with Gasteiger partial charge in [0.1, 0.15) is 0 Å². The summed E-state index contributed by atoms with van der Waals surface area (Å²) >= 11 is 7.34. The number of carbonyl (C=O) groups is 1. The summed E-state index contributed by atoms with van der Waals surface area (Å²) in [5, 5.41) is 14.3. The summed E-state index contributed by atoms with van der Waals surface area (Å²) in [5.74, 6) is 0.196. The van der Waals surface area contributed by atoms with Crippen molar-refractivity contribution >= 4 is 35.0 Å². The van der Waals surface area contributed by atoms with Gasteiger partial charge in [-0.05, 0) is 30.2 Å². The van der Waals surface area contributed by atoms with Crippen LogP contribution in [0.2, 0.25) is 5.02 Å². The molecule has 1 atom stereocenters. The summed E-state index contributed by atoms with van der Waals surface area (Å²) in [7, 11) is 0. The molecule has 0 aliphatic heterocycles. The molecule has 0 bridgehead atoms. The molecule has 2 rings (SSSR count). The van der Waals surface area contributed by atoms with Crippen molar-refractivity contribution in [2.75, 3.05) is 5.75 Å². The minimum absolute atomic E-state index is 0.0122. The molecule has 0 radical (unpaired) electrons. The molecule has 0 spiro atoms. The third-order valence-electron chi connectivity index (χ3n) is 3.39. The van der Waals surface area contributed by atoms with E-state index < -0.39 is 4.92 Å². The van der Waals surface area contributed by atoms with E-state index in [4.69, 9.17) is 11.6 Å². The third-order valence-corrected chi connectivity index (χ3v) is 4.83. The minimum Gasteiger partial charge on any atom is -0.351 e. The van der Waals surface area contributed by atoms with Crippen LogP contribution in [0.4, 0.5) is 5.69 Å². The van der Waals surface area contributed by atoms with Gasteiger partial charge in [0.25, 0.3) is 5.69 Å². The predicted molar refractivity (Wildman–Crippen MR) is 97.3 cm³/mol. The average Bonchev–Trinajstić information content (AvgIpc) is 2.58. The Morgan fingerprint density at radius 1 is 1.29 bits per heavy atom. The highest BCUT2D eigenvalue weighted by Crippen LogP contribution is 2.29. The van der Waals surface area contributed by atoms with Gasteiger partial charge in [0.05, 0.1) is 10.7 Å². The number of nitrogens with zero attached hydrogens (tertiary/aromatic N) is 1. The maximum atomic E-state index is 11.9. The molecule has 0 aliphatic carbocycles. The first-order valence-corrected chi connectivity index (χ1v) is 8.75. The summed E-state index contributed by atoms with van der Waals surface area (Å²) in [6.07, 6.45) is 0. The lowest BCUT2D eigenvalue weighted by molar-refractivity contribution is -0.384. The number of hydrogen-bond donors (Lipinski definition) is 1. The molecule has 0 saturated heterocycles. The lowest BCUT2D eigenvalue weighted by Crippen LogP contribution is -2.24. The molecule has 2 aromatic carbocycles.